The van der Waals surface area contributed by atoms with Crippen LogP contribution in [0.4, 0.5) is 0 Å². The van der Waals surface area contributed by atoms with Gasteiger partial charge < -0.3 is 9.88 Å². The van der Waals surface area contributed by atoms with Crippen LogP contribution in [0.25, 0.3) is 0 Å². The zero-order chi connectivity index (χ0) is 15.6. The largest absolute Gasteiger partial charge is 0.321 e. The maximum absolute atomic E-state index is 4.73. The molecule has 5 nitrogen and oxygen atoms in total. The average molecular weight is 307 g/mol. The van der Waals surface area contributed by atoms with Crippen molar-refractivity contribution < 1.29 is 0 Å². The van der Waals surface area contributed by atoms with E-state index in [1.807, 2.05) is 23.0 Å². The molecule has 2 aromatic rings. The van der Waals surface area contributed by atoms with Gasteiger partial charge in [0.15, 0.2) is 0 Å². The number of aryl methyl sites for hydroxylation is 2. The van der Waals surface area contributed by atoms with Gasteiger partial charge in [-0.2, -0.15) is 0 Å². The topological polar surface area (TPSA) is 55.6 Å². The molecular formula is C15H25N5S. The molecule has 0 bridgehead atoms. The normalized spacial score (nSPS) is 13.6. The van der Waals surface area contributed by atoms with Crippen LogP contribution < -0.4 is 5.32 Å². The van der Waals surface area contributed by atoms with Crippen LogP contribution in [0.3, 0.4) is 0 Å². The zero-order valence-electron chi connectivity index (χ0n) is 13.8. The van der Waals surface area contributed by atoms with Gasteiger partial charge in [-0.1, -0.05) is 20.8 Å². The van der Waals surface area contributed by atoms with Gasteiger partial charge in [0.1, 0.15) is 12.2 Å². The molecule has 116 valence electrons. The van der Waals surface area contributed by atoms with Crippen LogP contribution in [0.2, 0.25) is 0 Å². The molecular weight excluding hydrogens is 282 g/mol. The quantitative estimate of drug-likeness (QED) is 0.923. The van der Waals surface area contributed by atoms with E-state index in [1.54, 1.807) is 6.33 Å². The first-order chi connectivity index (χ1) is 9.79. The van der Waals surface area contributed by atoms with E-state index in [0.29, 0.717) is 6.04 Å². The first-order valence-corrected chi connectivity index (χ1v) is 8.14. The second-order valence-corrected chi connectivity index (χ2v) is 7.53. The number of rotatable bonds is 5. The van der Waals surface area contributed by atoms with Gasteiger partial charge in [-0.3, -0.25) is 0 Å². The number of thiazole rings is 1. The number of aromatic nitrogens is 4. The van der Waals surface area contributed by atoms with Gasteiger partial charge in [0.05, 0.1) is 10.7 Å². The summed E-state index contributed by atoms with van der Waals surface area (Å²) in [5, 5.41) is 12.8. The van der Waals surface area contributed by atoms with Crippen LogP contribution in [-0.2, 0) is 18.9 Å². The molecule has 2 aromatic heterocycles. The molecule has 0 aliphatic carbocycles. The van der Waals surface area contributed by atoms with Crippen LogP contribution in [-0.4, -0.2) is 26.3 Å². The highest BCUT2D eigenvalue weighted by Crippen LogP contribution is 2.32. The molecule has 1 unspecified atom stereocenters. The third-order valence-electron chi connectivity index (χ3n) is 3.47. The third-order valence-corrected chi connectivity index (χ3v) is 5.24. The molecule has 2 rings (SSSR count). The van der Waals surface area contributed by atoms with Gasteiger partial charge in [-0.05, 0) is 13.8 Å². The van der Waals surface area contributed by atoms with Crippen LogP contribution in [0.5, 0.6) is 0 Å². The molecule has 6 heteroatoms. The molecule has 0 aliphatic heterocycles. The fraction of sp³-hybridized carbons (Fsp3) is 0.667. The minimum Gasteiger partial charge on any atom is -0.321 e. The molecule has 2 heterocycles. The summed E-state index contributed by atoms with van der Waals surface area (Å²) in [6.07, 6.45) is 2.62. The minimum atomic E-state index is 0.117. The van der Waals surface area contributed by atoms with Crippen molar-refractivity contribution in [2.45, 2.75) is 52.5 Å². The Morgan fingerprint density at radius 1 is 1.38 bits per heavy atom. The van der Waals surface area contributed by atoms with Gasteiger partial charge in [0, 0.05) is 36.3 Å². The molecule has 21 heavy (non-hydrogen) atoms. The van der Waals surface area contributed by atoms with Crippen LogP contribution >= 0.6 is 11.3 Å². The van der Waals surface area contributed by atoms with E-state index in [1.165, 1.54) is 9.88 Å². The minimum absolute atomic E-state index is 0.117. The van der Waals surface area contributed by atoms with E-state index in [0.717, 1.165) is 24.5 Å². The van der Waals surface area contributed by atoms with Crippen molar-refractivity contribution in [1.82, 2.24) is 25.1 Å². The fourth-order valence-corrected chi connectivity index (χ4v) is 3.31. The van der Waals surface area contributed by atoms with Gasteiger partial charge in [0.2, 0.25) is 0 Å². The Balaban J connectivity index is 1.96. The van der Waals surface area contributed by atoms with E-state index >= 15 is 0 Å². The molecule has 0 radical (unpaired) electrons. The summed E-state index contributed by atoms with van der Waals surface area (Å²) in [5.74, 6) is 1.01. The molecule has 0 amide bonds. The summed E-state index contributed by atoms with van der Waals surface area (Å²) in [6, 6.07) is 0.312. The molecule has 1 atom stereocenters. The molecule has 0 spiro atoms. The number of hydrogen-bond acceptors (Lipinski definition) is 5. The summed E-state index contributed by atoms with van der Waals surface area (Å²) in [5.41, 5.74) is 1.26. The maximum atomic E-state index is 4.73. The fourth-order valence-electron chi connectivity index (χ4n) is 2.16. The molecule has 0 saturated carbocycles. The number of hydrogen-bond donors (Lipinski definition) is 1. The van der Waals surface area contributed by atoms with Crippen molar-refractivity contribution in [1.29, 1.82) is 0 Å². The number of nitrogens with zero attached hydrogens (tertiary/aromatic N) is 4. The summed E-state index contributed by atoms with van der Waals surface area (Å²) >= 11 is 1.82. The van der Waals surface area contributed by atoms with Crippen molar-refractivity contribution in [3.63, 3.8) is 0 Å². The van der Waals surface area contributed by atoms with Crippen molar-refractivity contribution in [3.05, 3.63) is 27.7 Å². The molecule has 0 fully saturated rings. The average Bonchev–Trinajstić information content (AvgIpc) is 2.95. The SMILES string of the molecule is Cc1nc(C(C)(C)C)sc1C(C)NCCc1nncn1C. The predicted octanol–water partition coefficient (Wildman–Crippen LogP) is 2.77. The monoisotopic (exact) mass is 307 g/mol. The van der Waals surface area contributed by atoms with Gasteiger partial charge >= 0.3 is 0 Å². The zero-order valence-corrected chi connectivity index (χ0v) is 14.6. The van der Waals surface area contributed by atoms with Crippen LogP contribution in [0.15, 0.2) is 6.33 Å². The van der Waals surface area contributed by atoms with Gasteiger partial charge in [-0.25, -0.2) is 4.98 Å². The standard InChI is InChI=1S/C15H25N5S/c1-10(16-8-7-12-19-17-9-20(12)6)13-11(2)18-14(21-13)15(3,4)5/h9-10,16H,7-8H2,1-6H3. The first-order valence-electron chi connectivity index (χ1n) is 7.33. The van der Waals surface area contributed by atoms with Crippen molar-refractivity contribution >= 4 is 11.3 Å². The highest BCUT2D eigenvalue weighted by atomic mass is 32.1. The Bertz CT molecular complexity index is 593. The van der Waals surface area contributed by atoms with E-state index < -0.39 is 0 Å². The molecule has 0 saturated heterocycles. The lowest BCUT2D eigenvalue weighted by Crippen LogP contribution is -2.22. The maximum Gasteiger partial charge on any atom is 0.133 e. The third kappa shape index (κ3) is 3.89. The lowest BCUT2D eigenvalue weighted by molar-refractivity contribution is 0.568. The second kappa shape index (κ2) is 6.23. The van der Waals surface area contributed by atoms with Gasteiger partial charge in [0.25, 0.3) is 0 Å². The summed E-state index contributed by atoms with van der Waals surface area (Å²) in [4.78, 5) is 6.06. The Morgan fingerprint density at radius 2 is 2.10 bits per heavy atom. The van der Waals surface area contributed by atoms with Gasteiger partial charge in [-0.15, -0.1) is 21.5 Å². The van der Waals surface area contributed by atoms with E-state index in [9.17, 15) is 0 Å². The smallest absolute Gasteiger partial charge is 0.133 e. The Kier molecular flexibility index (Phi) is 4.78. The van der Waals surface area contributed by atoms with Crippen molar-refractivity contribution in [3.8, 4) is 0 Å². The Hall–Kier alpha value is -1.27. The summed E-state index contributed by atoms with van der Waals surface area (Å²) in [6.45, 7) is 11.8. The molecule has 1 N–H and O–H groups in total. The Morgan fingerprint density at radius 3 is 2.62 bits per heavy atom. The van der Waals surface area contributed by atoms with E-state index in [4.69, 9.17) is 4.98 Å². The predicted molar refractivity (Wildman–Crippen MR) is 86.7 cm³/mol. The Labute approximate surface area is 130 Å². The van der Waals surface area contributed by atoms with E-state index in [2.05, 4.69) is 50.1 Å². The number of nitrogens with one attached hydrogen (secondary N) is 1. The lowest BCUT2D eigenvalue weighted by Gasteiger charge is -2.14. The van der Waals surface area contributed by atoms with Crippen LogP contribution in [0, 0.1) is 6.92 Å². The van der Waals surface area contributed by atoms with E-state index in [-0.39, 0.29) is 5.41 Å². The molecule has 0 aliphatic rings. The second-order valence-electron chi connectivity index (χ2n) is 6.50. The highest BCUT2D eigenvalue weighted by molar-refractivity contribution is 7.12. The highest BCUT2D eigenvalue weighted by Gasteiger charge is 2.22. The summed E-state index contributed by atoms with van der Waals surface area (Å²) < 4.78 is 1.96. The summed E-state index contributed by atoms with van der Waals surface area (Å²) in [7, 11) is 1.97. The van der Waals surface area contributed by atoms with Crippen molar-refractivity contribution in [2.24, 2.45) is 7.05 Å². The van der Waals surface area contributed by atoms with Crippen molar-refractivity contribution in [2.75, 3.05) is 6.54 Å². The molecule has 0 aromatic carbocycles. The van der Waals surface area contributed by atoms with Crippen LogP contribution in [0.1, 0.15) is 55.1 Å². The lowest BCUT2D eigenvalue weighted by atomic mass is 9.98. The first kappa shape index (κ1) is 16.1.